The Morgan fingerprint density at radius 3 is 2.29 bits per heavy atom. The standard InChI is InChI=1S/C31H36N2O4S/c1-8-10-11-26-25(9-2)28(32-22(7)34)13-15-30(26)38(36)33-23-16-20(5)31(21(6)17-23)37-24-12-14-29(35)27(18-24)19(3)4/h8-19,33,35H,1-7H3,(H,32,34)/b10-8-,25-9+,26-11+. The molecule has 3 rings (SSSR count). The summed E-state index contributed by atoms with van der Waals surface area (Å²) < 4.78 is 22.9. The largest absolute Gasteiger partial charge is 0.508 e. The smallest absolute Gasteiger partial charge is 0.221 e. The second kappa shape index (κ2) is 12.6. The van der Waals surface area contributed by atoms with Gasteiger partial charge >= 0.3 is 0 Å². The summed E-state index contributed by atoms with van der Waals surface area (Å²) in [4.78, 5) is 12.3. The molecule has 0 aliphatic heterocycles. The first kappa shape index (κ1) is 28.7. The second-order valence-corrected chi connectivity index (χ2v) is 10.6. The van der Waals surface area contributed by atoms with Crippen LogP contribution >= 0.6 is 0 Å². The van der Waals surface area contributed by atoms with Crippen LogP contribution < -0.4 is 25.2 Å². The molecule has 1 atom stereocenters. The molecule has 0 saturated heterocycles. The summed E-state index contributed by atoms with van der Waals surface area (Å²) in [5.41, 5.74) is 3.95. The highest BCUT2D eigenvalue weighted by molar-refractivity contribution is 7.86. The zero-order valence-electron chi connectivity index (χ0n) is 23.0. The van der Waals surface area contributed by atoms with E-state index in [1.807, 2.05) is 84.0 Å². The minimum Gasteiger partial charge on any atom is -0.508 e. The van der Waals surface area contributed by atoms with Crippen LogP contribution in [0.2, 0.25) is 0 Å². The Morgan fingerprint density at radius 2 is 1.71 bits per heavy atom. The number of allylic oxidation sites excluding steroid dienone is 2. The van der Waals surface area contributed by atoms with Crippen molar-refractivity contribution in [3.8, 4) is 17.2 Å². The molecule has 0 fully saturated rings. The lowest BCUT2D eigenvalue weighted by molar-refractivity contribution is -0.114. The number of carbonyl (C=O) groups is 1. The van der Waals surface area contributed by atoms with Gasteiger partial charge in [-0.15, -0.1) is 0 Å². The van der Waals surface area contributed by atoms with E-state index < -0.39 is 11.0 Å². The van der Waals surface area contributed by atoms with Crippen LogP contribution in [0.3, 0.4) is 0 Å². The molecule has 38 heavy (non-hydrogen) atoms. The third-order valence-electron chi connectivity index (χ3n) is 6.01. The van der Waals surface area contributed by atoms with Gasteiger partial charge in [-0.05, 0) is 87.2 Å². The molecule has 200 valence electrons. The number of carbonyl (C=O) groups excluding carboxylic acids is 1. The summed E-state index contributed by atoms with van der Waals surface area (Å²) in [6, 6.07) is 12.6. The summed E-state index contributed by atoms with van der Waals surface area (Å²) >= 11 is 0. The van der Waals surface area contributed by atoms with E-state index in [2.05, 4.69) is 10.0 Å². The van der Waals surface area contributed by atoms with Crippen molar-refractivity contribution >= 4 is 40.4 Å². The number of aryl methyl sites for hydroxylation is 2. The molecular weight excluding hydrogens is 496 g/mol. The SMILES string of the molecule is C\C=C/C=c1/c(S(=O)Nc2cc(C)c(Oc3ccc(O)c(C(C)C)c3)c(C)c2)ccc(NC(C)=O)/c1=C/C. The minimum absolute atomic E-state index is 0.162. The number of nitrogens with one attached hydrogen (secondary N) is 2. The molecular formula is C31H36N2O4S. The van der Waals surface area contributed by atoms with E-state index in [9.17, 15) is 14.1 Å². The number of rotatable bonds is 8. The van der Waals surface area contributed by atoms with Crippen LogP contribution in [0.15, 0.2) is 59.5 Å². The van der Waals surface area contributed by atoms with Crippen LogP contribution in [0.5, 0.6) is 17.2 Å². The molecule has 0 heterocycles. The molecule has 3 N–H and O–H groups in total. The highest BCUT2D eigenvalue weighted by Crippen LogP contribution is 2.35. The van der Waals surface area contributed by atoms with Crippen molar-refractivity contribution in [2.24, 2.45) is 0 Å². The third kappa shape index (κ3) is 6.72. The highest BCUT2D eigenvalue weighted by Gasteiger charge is 2.14. The lowest BCUT2D eigenvalue weighted by Crippen LogP contribution is -2.33. The molecule has 3 aromatic carbocycles. The quantitative estimate of drug-likeness (QED) is 0.324. The van der Waals surface area contributed by atoms with Gasteiger partial charge in [-0.3, -0.25) is 4.79 Å². The normalized spacial score (nSPS) is 13.3. The first-order valence-electron chi connectivity index (χ1n) is 12.6. The lowest BCUT2D eigenvalue weighted by Gasteiger charge is -2.16. The van der Waals surface area contributed by atoms with Crippen LogP contribution in [0.4, 0.5) is 11.4 Å². The van der Waals surface area contributed by atoms with Crippen LogP contribution in [-0.4, -0.2) is 15.2 Å². The van der Waals surface area contributed by atoms with Gasteiger partial charge < -0.3 is 19.9 Å². The summed E-state index contributed by atoms with van der Waals surface area (Å²) in [7, 11) is -1.57. The Kier molecular flexibility index (Phi) is 9.53. The maximum atomic E-state index is 13.5. The topological polar surface area (TPSA) is 87.7 Å². The second-order valence-electron chi connectivity index (χ2n) is 9.39. The molecule has 6 nitrogen and oxygen atoms in total. The maximum absolute atomic E-state index is 13.5. The molecule has 1 amide bonds. The molecule has 0 aliphatic carbocycles. The maximum Gasteiger partial charge on any atom is 0.221 e. The van der Waals surface area contributed by atoms with Crippen molar-refractivity contribution in [1.82, 2.24) is 0 Å². The molecule has 0 radical (unpaired) electrons. The number of hydrogen-bond acceptors (Lipinski definition) is 4. The highest BCUT2D eigenvalue weighted by atomic mass is 32.2. The van der Waals surface area contributed by atoms with Gasteiger partial charge in [-0.1, -0.05) is 38.2 Å². The van der Waals surface area contributed by atoms with Gasteiger partial charge in [-0.25, -0.2) is 4.21 Å². The number of ether oxygens (including phenoxy) is 1. The number of phenols is 1. The van der Waals surface area contributed by atoms with Gasteiger partial charge in [-0.2, -0.15) is 0 Å². The minimum atomic E-state index is -1.57. The number of aromatic hydroxyl groups is 1. The summed E-state index contributed by atoms with van der Waals surface area (Å²) in [5, 5.41) is 14.5. The van der Waals surface area contributed by atoms with Crippen LogP contribution in [0.25, 0.3) is 12.2 Å². The fourth-order valence-corrected chi connectivity index (χ4v) is 5.27. The van der Waals surface area contributed by atoms with E-state index >= 15 is 0 Å². The van der Waals surface area contributed by atoms with E-state index in [4.69, 9.17) is 4.74 Å². The zero-order valence-corrected chi connectivity index (χ0v) is 23.8. The summed E-state index contributed by atoms with van der Waals surface area (Å²) in [6.45, 7) is 13.2. The van der Waals surface area contributed by atoms with E-state index in [0.717, 1.165) is 27.1 Å². The average molecular weight is 533 g/mol. The molecule has 7 heteroatoms. The van der Waals surface area contributed by atoms with Crippen molar-refractivity contribution in [2.75, 3.05) is 10.0 Å². The van der Waals surface area contributed by atoms with Crippen molar-refractivity contribution in [3.05, 3.63) is 81.7 Å². The van der Waals surface area contributed by atoms with E-state index in [1.54, 1.807) is 24.3 Å². The molecule has 0 spiro atoms. The van der Waals surface area contributed by atoms with E-state index in [1.165, 1.54) is 6.92 Å². The average Bonchev–Trinajstić information content (AvgIpc) is 2.85. The Bertz CT molecular complexity index is 1500. The monoisotopic (exact) mass is 532 g/mol. The number of amides is 1. The number of hydrogen-bond donors (Lipinski definition) is 3. The van der Waals surface area contributed by atoms with Gasteiger partial charge in [0.2, 0.25) is 5.91 Å². The van der Waals surface area contributed by atoms with Gasteiger partial charge in [0.25, 0.3) is 0 Å². The first-order chi connectivity index (χ1) is 18.0. The summed E-state index contributed by atoms with van der Waals surface area (Å²) in [5.74, 6) is 1.61. The molecule has 0 bridgehead atoms. The lowest BCUT2D eigenvalue weighted by atomic mass is 10.0. The Balaban J connectivity index is 1.96. The predicted octanol–water partition coefficient (Wildman–Crippen LogP) is 6.17. The van der Waals surface area contributed by atoms with Gasteiger partial charge in [0.1, 0.15) is 17.2 Å². The van der Waals surface area contributed by atoms with E-state index in [-0.39, 0.29) is 17.6 Å². The van der Waals surface area contributed by atoms with Crippen molar-refractivity contribution in [2.45, 2.75) is 59.3 Å². The van der Waals surface area contributed by atoms with Gasteiger partial charge in [0.05, 0.1) is 4.90 Å². The van der Waals surface area contributed by atoms with Crippen LogP contribution in [-0.2, 0) is 15.8 Å². The molecule has 0 saturated carbocycles. The van der Waals surface area contributed by atoms with Gasteiger partial charge in [0.15, 0.2) is 11.0 Å². The van der Waals surface area contributed by atoms with Crippen LogP contribution in [0.1, 0.15) is 57.2 Å². The predicted molar refractivity (Wildman–Crippen MR) is 158 cm³/mol. The number of anilines is 2. The third-order valence-corrected chi connectivity index (χ3v) is 7.19. The Morgan fingerprint density at radius 1 is 1.03 bits per heavy atom. The number of benzene rings is 3. The summed E-state index contributed by atoms with van der Waals surface area (Å²) in [6.07, 6.45) is 7.57. The molecule has 1 unspecified atom stereocenters. The van der Waals surface area contributed by atoms with Crippen molar-refractivity contribution < 1.29 is 18.8 Å². The number of phenolic OH excluding ortho intramolecular Hbond substituents is 1. The van der Waals surface area contributed by atoms with Crippen LogP contribution in [0, 0.1) is 13.8 Å². The first-order valence-corrected chi connectivity index (χ1v) is 13.7. The Hall–Kier alpha value is -3.84. The molecule has 0 aliphatic rings. The van der Waals surface area contributed by atoms with Crippen molar-refractivity contribution in [1.29, 1.82) is 0 Å². The molecule has 3 aromatic rings. The zero-order chi connectivity index (χ0) is 28.0. The van der Waals surface area contributed by atoms with Crippen molar-refractivity contribution in [3.63, 3.8) is 0 Å². The fraction of sp³-hybridized carbons (Fsp3) is 0.258. The van der Waals surface area contributed by atoms with E-state index in [0.29, 0.717) is 27.8 Å². The fourth-order valence-electron chi connectivity index (χ4n) is 4.26. The molecule has 0 aromatic heterocycles. The van der Waals surface area contributed by atoms with Gasteiger partial charge in [0, 0.05) is 34.3 Å². The Labute approximate surface area is 227 Å².